The number of piperidine rings is 1. The number of carbonyl (C=O) groups is 1. The summed E-state index contributed by atoms with van der Waals surface area (Å²) >= 11 is 0. The molecule has 1 saturated carbocycles. The molecule has 2 N–H and O–H groups in total. The van der Waals surface area contributed by atoms with E-state index >= 15 is 0 Å². The van der Waals surface area contributed by atoms with Crippen LogP contribution in [0, 0.1) is 11.7 Å². The lowest BCUT2D eigenvalue weighted by Gasteiger charge is -2.35. The third-order valence-electron chi connectivity index (χ3n) is 5.37. The summed E-state index contributed by atoms with van der Waals surface area (Å²) in [7, 11) is 0. The van der Waals surface area contributed by atoms with E-state index in [1.165, 1.54) is 12.1 Å². The third kappa shape index (κ3) is 2.89. The standard InChI is InChI=1S/C18H25FN2O/c1-13-12-20-10-7-16(13)21-17(22)18(8-2-3-9-18)14-5-4-6-15(19)11-14/h4-6,11,13,16,20H,2-3,7-10,12H2,1H3,(H,21,22). The molecule has 120 valence electrons. The van der Waals surface area contributed by atoms with E-state index in [9.17, 15) is 9.18 Å². The molecule has 3 rings (SSSR count). The Hall–Kier alpha value is -1.42. The van der Waals surface area contributed by atoms with Crippen LogP contribution in [0.2, 0.25) is 0 Å². The molecule has 3 nitrogen and oxygen atoms in total. The van der Waals surface area contributed by atoms with Crippen molar-refractivity contribution in [3.05, 3.63) is 35.6 Å². The van der Waals surface area contributed by atoms with E-state index in [2.05, 4.69) is 17.6 Å². The van der Waals surface area contributed by atoms with Crippen molar-refractivity contribution in [3.8, 4) is 0 Å². The topological polar surface area (TPSA) is 41.1 Å². The molecule has 1 aromatic carbocycles. The summed E-state index contributed by atoms with van der Waals surface area (Å²) in [6, 6.07) is 6.82. The van der Waals surface area contributed by atoms with Gasteiger partial charge in [-0.25, -0.2) is 4.39 Å². The normalized spacial score (nSPS) is 27.5. The third-order valence-corrected chi connectivity index (χ3v) is 5.37. The van der Waals surface area contributed by atoms with E-state index in [0.29, 0.717) is 5.92 Å². The summed E-state index contributed by atoms with van der Waals surface area (Å²) in [6.45, 7) is 4.06. The van der Waals surface area contributed by atoms with Crippen LogP contribution in [0.5, 0.6) is 0 Å². The molecule has 4 heteroatoms. The first-order valence-electron chi connectivity index (χ1n) is 8.39. The van der Waals surface area contributed by atoms with Gasteiger partial charge in [0.25, 0.3) is 0 Å². The summed E-state index contributed by atoms with van der Waals surface area (Å²) in [6.07, 6.45) is 4.67. The van der Waals surface area contributed by atoms with Gasteiger partial charge >= 0.3 is 0 Å². The Morgan fingerprint density at radius 3 is 2.82 bits per heavy atom. The fourth-order valence-electron chi connectivity index (χ4n) is 3.95. The summed E-state index contributed by atoms with van der Waals surface area (Å²) in [4.78, 5) is 13.0. The fourth-order valence-corrected chi connectivity index (χ4v) is 3.95. The van der Waals surface area contributed by atoms with Crippen LogP contribution >= 0.6 is 0 Å². The number of hydrogen-bond donors (Lipinski definition) is 2. The minimum Gasteiger partial charge on any atom is -0.352 e. The van der Waals surface area contributed by atoms with Gasteiger partial charge in [0.05, 0.1) is 5.41 Å². The minimum atomic E-state index is -0.535. The highest BCUT2D eigenvalue weighted by Crippen LogP contribution is 2.41. The average molecular weight is 304 g/mol. The maximum Gasteiger partial charge on any atom is 0.230 e. The summed E-state index contributed by atoms with van der Waals surface area (Å²) in [5, 5.41) is 6.62. The number of amides is 1. The molecule has 2 unspecified atom stereocenters. The van der Waals surface area contributed by atoms with E-state index in [-0.39, 0.29) is 17.8 Å². The molecule has 1 aliphatic heterocycles. The lowest BCUT2D eigenvalue weighted by molar-refractivity contribution is -0.127. The average Bonchev–Trinajstić information content (AvgIpc) is 3.00. The number of benzene rings is 1. The zero-order chi connectivity index (χ0) is 15.6. The van der Waals surface area contributed by atoms with Gasteiger partial charge in [0, 0.05) is 6.04 Å². The number of halogens is 1. The maximum absolute atomic E-state index is 13.6. The van der Waals surface area contributed by atoms with Gasteiger partial charge in [-0.15, -0.1) is 0 Å². The van der Waals surface area contributed by atoms with Crippen LogP contribution in [0.1, 0.15) is 44.6 Å². The molecule has 0 spiro atoms. The number of nitrogens with one attached hydrogen (secondary N) is 2. The summed E-state index contributed by atoms with van der Waals surface area (Å²) < 4.78 is 13.6. The van der Waals surface area contributed by atoms with Crippen LogP contribution in [-0.2, 0) is 10.2 Å². The first-order valence-corrected chi connectivity index (χ1v) is 8.39. The van der Waals surface area contributed by atoms with Gasteiger partial charge in [0.1, 0.15) is 5.82 Å². The summed E-state index contributed by atoms with van der Waals surface area (Å²) in [5.41, 5.74) is 0.302. The SMILES string of the molecule is CC1CNCCC1NC(=O)C1(c2cccc(F)c2)CCCC1. The Labute approximate surface area is 131 Å². The van der Waals surface area contributed by atoms with Gasteiger partial charge in [0.15, 0.2) is 0 Å². The quantitative estimate of drug-likeness (QED) is 0.901. The lowest BCUT2D eigenvalue weighted by atomic mass is 9.77. The predicted octanol–water partition coefficient (Wildman–Crippen LogP) is 2.75. The molecule has 1 aromatic rings. The highest BCUT2D eigenvalue weighted by Gasteiger charge is 2.43. The van der Waals surface area contributed by atoms with Crippen molar-refractivity contribution < 1.29 is 9.18 Å². The molecular weight excluding hydrogens is 279 g/mol. The molecule has 1 heterocycles. The molecule has 2 aliphatic rings. The zero-order valence-electron chi connectivity index (χ0n) is 13.2. The Morgan fingerprint density at radius 1 is 1.36 bits per heavy atom. The molecule has 2 atom stereocenters. The fraction of sp³-hybridized carbons (Fsp3) is 0.611. The van der Waals surface area contributed by atoms with E-state index in [4.69, 9.17) is 0 Å². The minimum absolute atomic E-state index is 0.0920. The number of carbonyl (C=O) groups excluding carboxylic acids is 1. The van der Waals surface area contributed by atoms with E-state index < -0.39 is 5.41 Å². The van der Waals surface area contributed by atoms with Gasteiger partial charge in [0.2, 0.25) is 5.91 Å². The second-order valence-corrected chi connectivity index (χ2v) is 6.85. The zero-order valence-corrected chi connectivity index (χ0v) is 13.2. The predicted molar refractivity (Wildman–Crippen MR) is 85.1 cm³/mol. The Morgan fingerprint density at radius 2 is 2.14 bits per heavy atom. The maximum atomic E-state index is 13.6. The van der Waals surface area contributed by atoms with Crippen molar-refractivity contribution in [2.75, 3.05) is 13.1 Å². The van der Waals surface area contributed by atoms with Crippen molar-refractivity contribution >= 4 is 5.91 Å². The number of rotatable bonds is 3. The van der Waals surface area contributed by atoms with Gasteiger partial charge in [-0.3, -0.25) is 4.79 Å². The van der Waals surface area contributed by atoms with Crippen LogP contribution in [0.3, 0.4) is 0 Å². The van der Waals surface area contributed by atoms with Crippen LogP contribution in [-0.4, -0.2) is 25.0 Å². The molecule has 2 fully saturated rings. The van der Waals surface area contributed by atoms with Crippen LogP contribution < -0.4 is 10.6 Å². The smallest absolute Gasteiger partial charge is 0.230 e. The van der Waals surface area contributed by atoms with E-state index in [0.717, 1.165) is 50.8 Å². The van der Waals surface area contributed by atoms with Gasteiger partial charge in [-0.2, -0.15) is 0 Å². The Kier molecular flexibility index (Phi) is 4.48. The first-order chi connectivity index (χ1) is 10.6. The van der Waals surface area contributed by atoms with Crippen molar-refractivity contribution in [1.82, 2.24) is 10.6 Å². The highest BCUT2D eigenvalue weighted by molar-refractivity contribution is 5.88. The van der Waals surface area contributed by atoms with Crippen molar-refractivity contribution in [1.29, 1.82) is 0 Å². The molecular formula is C18H25FN2O. The molecule has 1 saturated heterocycles. The second-order valence-electron chi connectivity index (χ2n) is 6.85. The Balaban J connectivity index is 1.82. The first kappa shape index (κ1) is 15.5. The molecule has 0 aromatic heterocycles. The monoisotopic (exact) mass is 304 g/mol. The van der Waals surface area contributed by atoms with Crippen molar-refractivity contribution in [2.24, 2.45) is 5.92 Å². The van der Waals surface area contributed by atoms with Gasteiger partial charge < -0.3 is 10.6 Å². The van der Waals surface area contributed by atoms with Gasteiger partial charge in [-0.1, -0.05) is 31.9 Å². The van der Waals surface area contributed by atoms with Crippen molar-refractivity contribution in [3.63, 3.8) is 0 Å². The van der Waals surface area contributed by atoms with E-state index in [1.54, 1.807) is 6.07 Å². The second kappa shape index (κ2) is 6.37. The Bertz CT molecular complexity index is 540. The van der Waals surface area contributed by atoms with Gasteiger partial charge in [-0.05, 0) is 56.0 Å². The van der Waals surface area contributed by atoms with Crippen LogP contribution in [0.15, 0.2) is 24.3 Å². The summed E-state index contributed by atoms with van der Waals surface area (Å²) in [5.74, 6) is 0.268. The molecule has 0 bridgehead atoms. The van der Waals surface area contributed by atoms with Crippen LogP contribution in [0.4, 0.5) is 4.39 Å². The molecule has 1 aliphatic carbocycles. The lowest BCUT2D eigenvalue weighted by Crippen LogP contribution is -2.53. The molecule has 1 amide bonds. The molecule has 0 radical (unpaired) electrons. The highest BCUT2D eigenvalue weighted by atomic mass is 19.1. The van der Waals surface area contributed by atoms with Crippen molar-refractivity contribution in [2.45, 2.75) is 50.5 Å². The van der Waals surface area contributed by atoms with E-state index in [1.807, 2.05) is 6.07 Å². The molecule has 22 heavy (non-hydrogen) atoms. The van der Waals surface area contributed by atoms with Crippen LogP contribution in [0.25, 0.3) is 0 Å². The number of hydrogen-bond acceptors (Lipinski definition) is 2. The largest absolute Gasteiger partial charge is 0.352 e.